The van der Waals surface area contributed by atoms with E-state index in [4.69, 9.17) is 5.11 Å². The first-order valence-corrected chi connectivity index (χ1v) is 6.65. The maximum Gasteiger partial charge on any atom is 0.307 e. The summed E-state index contributed by atoms with van der Waals surface area (Å²) in [5.41, 5.74) is 0. The normalized spacial score (nSPS) is 19.8. The third-order valence-corrected chi connectivity index (χ3v) is 3.73. The maximum atomic E-state index is 12.0. The van der Waals surface area contributed by atoms with E-state index < -0.39 is 11.9 Å². The van der Waals surface area contributed by atoms with Gasteiger partial charge in [0.2, 0.25) is 5.91 Å². The van der Waals surface area contributed by atoms with Gasteiger partial charge in [-0.2, -0.15) is 0 Å². The van der Waals surface area contributed by atoms with Crippen LogP contribution in [0.4, 0.5) is 0 Å². The number of carbonyl (C=O) groups is 2. The highest BCUT2D eigenvalue weighted by molar-refractivity contribution is 5.81. The molecule has 1 amide bonds. The van der Waals surface area contributed by atoms with Crippen LogP contribution in [0.3, 0.4) is 0 Å². The van der Waals surface area contributed by atoms with Crippen molar-refractivity contribution in [2.24, 2.45) is 5.92 Å². The van der Waals surface area contributed by atoms with E-state index in [2.05, 4.69) is 5.32 Å². The van der Waals surface area contributed by atoms with E-state index in [0.29, 0.717) is 12.6 Å². The largest absolute Gasteiger partial charge is 0.481 e. The molecule has 1 aliphatic rings. The van der Waals surface area contributed by atoms with Crippen molar-refractivity contribution < 1.29 is 14.7 Å². The molecule has 5 nitrogen and oxygen atoms in total. The fourth-order valence-corrected chi connectivity index (χ4v) is 2.26. The third-order valence-electron chi connectivity index (χ3n) is 3.73. The van der Waals surface area contributed by atoms with Crippen molar-refractivity contribution in [3.8, 4) is 0 Å². The van der Waals surface area contributed by atoms with E-state index in [-0.39, 0.29) is 11.9 Å². The second-order valence-electron chi connectivity index (χ2n) is 5.34. The SMILES string of the molecule is CC(CN(C)C(C)C(=O)NC1CCCC1)C(=O)O. The molecule has 5 heteroatoms. The lowest BCUT2D eigenvalue weighted by Crippen LogP contribution is -2.47. The molecule has 0 spiro atoms. The summed E-state index contributed by atoms with van der Waals surface area (Å²) in [6.07, 6.45) is 4.50. The van der Waals surface area contributed by atoms with Crippen LogP contribution in [0.15, 0.2) is 0 Å². The Hall–Kier alpha value is -1.10. The van der Waals surface area contributed by atoms with E-state index in [9.17, 15) is 9.59 Å². The number of carboxylic acid groups (broad SMARTS) is 1. The molecule has 2 N–H and O–H groups in total. The summed E-state index contributed by atoms with van der Waals surface area (Å²) in [5.74, 6) is -1.29. The smallest absolute Gasteiger partial charge is 0.307 e. The topological polar surface area (TPSA) is 69.6 Å². The lowest BCUT2D eigenvalue weighted by Gasteiger charge is -2.26. The summed E-state index contributed by atoms with van der Waals surface area (Å²) in [5, 5.41) is 11.9. The zero-order chi connectivity index (χ0) is 13.7. The van der Waals surface area contributed by atoms with Gasteiger partial charge < -0.3 is 10.4 Å². The average molecular weight is 256 g/mol. The number of rotatable bonds is 6. The maximum absolute atomic E-state index is 12.0. The lowest BCUT2D eigenvalue weighted by molar-refractivity contribution is -0.142. The van der Waals surface area contributed by atoms with Crippen LogP contribution in [0.2, 0.25) is 0 Å². The van der Waals surface area contributed by atoms with Gasteiger partial charge in [-0.25, -0.2) is 0 Å². The number of nitrogens with zero attached hydrogens (tertiary/aromatic N) is 1. The summed E-state index contributed by atoms with van der Waals surface area (Å²) in [6, 6.07) is 0.0256. The summed E-state index contributed by atoms with van der Waals surface area (Å²) in [4.78, 5) is 24.6. The minimum absolute atomic E-state index is 0.00184. The van der Waals surface area contributed by atoms with Crippen LogP contribution >= 0.6 is 0 Å². The minimum atomic E-state index is -0.828. The minimum Gasteiger partial charge on any atom is -0.481 e. The van der Waals surface area contributed by atoms with E-state index >= 15 is 0 Å². The van der Waals surface area contributed by atoms with Crippen LogP contribution in [-0.4, -0.2) is 47.6 Å². The molecule has 18 heavy (non-hydrogen) atoms. The zero-order valence-electron chi connectivity index (χ0n) is 11.5. The molecule has 0 saturated heterocycles. The quantitative estimate of drug-likeness (QED) is 0.746. The molecule has 0 aliphatic heterocycles. The number of hydrogen-bond donors (Lipinski definition) is 2. The fraction of sp³-hybridized carbons (Fsp3) is 0.846. The van der Waals surface area contributed by atoms with Gasteiger partial charge in [0.15, 0.2) is 0 Å². The second-order valence-corrected chi connectivity index (χ2v) is 5.34. The van der Waals surface area contributed by atoms with Gasteiger partial charge in [0.1, 0.15) is 0 Å². The second kappa shape index (κ2) is 6.73. The molecule has 1 aliphatic carbocycles. The molecular formula is C13H24N2O3. The average Bonchev–Trinajstić information content (AvgIpc) is 2.80. The van der Waals surface area contributed by atoms with Crippen LogP contribution in [0.1, 0.15) is 39.5 Å². The van der Waals surface area contributed by atoms with Gasteiger partial charge in [0.25, 0.3) is 0 Å². The van der Waals surface area contributed by atoms with Crippen molar-refractivity contribution >= 4 is 11.9 Å². The van der Waals surface area contributed by atoms with E-state index in [1.165, 1.54) is 12.8 Å². The Balaban J connectivity index is 2.39. The van der Waals surface area contributed by atoms with Crippen molar-refractivity contribution in [1.29, 1.82) is 0 Å². The van der Waals surface area contributed by atoms with Gasteiger partial charge in [-0.1, -0.05) is 19.8 Å². The molecule has 0 aromatic rings. The monoisotopic (exact) mass is 256 g/mol. The molecule has 1 saturated carbocycles. The molecule has 0 radical (unpaired) electrons. The Labute approximate surface area is 109 Å². The Bertz CT molecular complexity index is 301. The highest BCUT2D eigenvalue weighted by atomic mass is 16.4. The summed E-state index contributed by atoms with van der Waals surface area (Å²) in [6.45, 7) is 3.86. The molecule has 1 fully saturated rings. The van der Waals surface area contributed by atoms with Crippen molar-refractivity contribution in [3.05, 3.63) is 0 Å². The third kappa shape index (κ3) is 4.29. The highest BCUT2D eigenvalue weighted by Crippen LogP contribution is 2.17. The number of aliphatic carboxylic acids is 1. The van der Waals surface area contributed by atoms with Crippen LogP contribution < -0.4 is 5.32 Å². The molecular weight excluding hydrogens is 232 g/mol. The first-order valence-electron chi connectivity index (χ1n) is 6.65. The number of hydrogen-bond acceptors (Lipinski definition) is 3. The van der Waals surface area contributed by atoms with Gasteiger partial charge in [-0.15, -0.1) is 0 Å². The van der Waals surface area contributed by atoms with Crippen LogP contribution in [0.25, 0.3) is 0 Å². The number of carboxylic acids is 1. The Morgan fingerprint density at radius 1 is 1.33 bits per heavy atom. The van der Waals surface area contributed by atoms with Crippen LogP contribution in [0.5, 0.6) is 0 Å². The van der Waals surface area contributed by atoms with Gasteiger partial charge in [0, 0.05) is 12.6 Å². The van der Waals surface area contributed by atoms with Gasteiger partial charge in [-0.05, 0) is 26.8 Å². The van der Waals surface area contributed by atoms with Crippen LogP contribution in [0, 0.1) is 5.92 Å². The summed E-state index contributed by atoms with van der Waals surface area (Å²) in [7, 11) is 1.79. The first-order chi connectivity index (χ1) is 8.41. The Kier molecular flexibility index (Phi) is 5.59. The zero-order valence-corrected chi connectivity index (χ0v) is 11.5. The number of carbonyl (C=O) groups excluding carboxylic acids is 1. The molecule has 0 aromatic carbocycles. The molecule has 1 rings (SSSR count). The number of nitrogens with one attached hydrogen (secondary N) is 1. The molecule has 2 atom stereocenters. The predicted octanol–water partition coefficient (Wildman–Crippen LogP) is 1.09. The van der Waals surface area contributed by atoms with Crippen molar-refractivity contribution in [2.45, 2.75) is 51.6 Å². The Morgan fingerprint density at radius 3 is 2.39 bits per heavy atom. The summed E-state index contributed by atoms with van der Waals surface area (Å²) >= 11 is 0. The van der Waals surface area contributed by atoms with E-state index in [0.717, 1.165) is 12.8 Å². The number of likely N-dealkylation sites (N-methyl/N-ethyl adjacent to an activating group) is 1. The van der Waals surface area contributed by atoms with E-state index in [1.54, 1.807) is 18.9 Å². The molecule has 2 unspecified atom stereocenters. The van der Waals surface area contributed by atoms with Crippen molar-refractivity contribution in [2.75, 3.05) is 13.6 Å². The summed E-state index contributed by atoms with van der Waals surface area (Å²) < 4.78 is 0. The number of amides is 1. The van der Waals surface area contributed by atoms with Gasteiger partial charge >= 0.3 is 5.97 Å². The first kappa shape index (κ1) is 15.0. The fourth-order valence-electron chi connectivity index (χ4n) is 2.26. The van der Waals surface area contributed by atoms with Gasteiger partial charge in [0.05, 0.1) is 12.0 Å². The predicted molar refractivity (Wildman–Crippen MR) is 69.3 cm³/mol. The lowest BCUT2D eigenvalue weighted by atomic mass is 10.1. The van der Waals surface area contributed by atoms with Crippen molar-refractivity contribution in [3.63, 3.8) is 0 Å². The van der Waals surface area contributed by atoms with E-state index in [1.807, 2.05) is 6.92 Å². The molecule has 0 bridgehead atoms. The molecule has 0 aromatic heterocycles. The van der Waals surface area contributed by atoms with Gasteiger partial charge in [-0.3, -0.25) is 14.5 Å². The standard InChI is InChI=1S/C13H24N2O3/c1-9(13(17)18)8-15(3)10(2)12(16)14-11-6-4-5-7-11/h9-11H,4-8H2,1-3H3,(H,14,16)(H,17,18). The highest BCUT2D eigenvalue weighted by Gasteiger charge is 2.25. The van der Waals surface area contributed by atoms with Crippen molar-refractivity contribution in [1.82, 2.24) is 10.2 Å². The van der Waals surface area contributed by atoms with Crippen LogP contribution in [-0.2, 0) is 9.59 Å². The molecule has 0 heterocycles. The molecule has 104 valence electrons. The Morgan fingerprint density at radius 2 is 1.89 bits per heavy atom.